The highest BCUT2D eigenvalue weighted by Crippen LogP contribution is 2.18. The SMILES string of the molecule is CC(=O)c1csc(C(=O)NC(C(N)=O)c2ccc(F)cc2)c1. The smallest absolute Gasteiger partial charge is 0.262 e. The summed E-state index contributed by atoms with van der Waals surface area (Å²) < 4.78 is 12.9. The molecule has 0 saturated heterocycles. The summed E-state index contributed by atoms with van der Waals surface area (Å²) in [5.74, 6) is -1.89. The standard InChI is InChI=1S/C15H13FN2O3S/c1-8(19)10-6-12(22-7-10)15(21)18-13(14(17)20)9-2-4-11(16)5-3-9/h2-7,13H,1H3,(H2,17,20)(H,18,21). The van der Waals surface area contributed by atoms with Gasteiger partial charge in [-0.05, 0) is 30.7 Å². The fourth-order valence-electron chi connectivity index (χ4n) is 1.82. The van der Waals surface area contributed by atoms with Crippen LogP contribution >= 0.6 is 11.3 Å². The molecule has 0 aliphatic heterocycles. The number of Topliss-reactive ketones (excluding diaryl/α,β-unsaturated/α-hetero) is 1. The van der Waals surface area contributed by atoms with Gasteiger partial charge in [-0.15, -0.1) is 11.3 Å². The fourth-order valence-corrected chi connectivity index (χ4v) is 2.67. The lowest BCUT2D eigenvalue weighted by Crippen LogP contribution is -2.37. The van der Waals surface area contributed by atoms with Crippen LogP contribution in [0, 0.1) is 5.82 Å². The Morgan fingerprint density at radius 1 is 1.23 bits per heavy atom. The number of benzene rings is 1. The first-order chi connectivity index (χ1) is 10.4. The molecule has 22 heavy (non-hydrogen) atoms. The van der Waals surface area contributed by atoms with Gasteiger partial charge in [0, 0.05) is 10.9 Å². The topological polar surface area (TPSA) is 89.3 Å². The van der Waals surface area contributed by atoms with E-state index in [0.717, 1.165) is 11.3 Å². The summed E-state index contributed by atoms with van der Waals surface area (Å²) in [5, 5.41) is 4.05. The van der Waals surface area contributed by atoms with Crippen molar-refractivity contribution in [1.29, 1.82) is 0 Å². The van der Waals surface area contributed by atoms with E-state index in [-0.39, 0.29) is 5.78 Å². The molecule has 3 N–H and O–H groups in total. The first-order valence-electron chi connectivity index (χ1n) is 6.33. The molecule has 2 amide bonds. The molecular formula is C15H13FN2O3S. The second kappa shape index (κ2) is 6.48. The number of hydrogen-bond acceptors (Lipinski definition) is 4. The van der Waals surface area contributed by atoms with Crippen LogP contribution in [0.5, 0.6) is 0 Å². The minimum Gasteiger partial charge on any atom is -0.368 e. The van der Waals surface area contributed by atoms with E-state index in [2.05, 4.69) is 5.32 Å². The van der Waals surface area contributed by atoms with Crippen molar-refractivity contribution in [2.75, 3.05) is 0 Å². The molecule has 2 rings (SSSR count). The molecule has 1 aromatic heterocycles. The Hall–Kier alpha value is -2.54. The maximum absolute atomic E-state index is 12.9. The van der Waals surface area contributed by atoms with Crippen molar-refractivity contribution in [1.82, 2.24) is 5.32 Å². The average Bonchev–Trinajstić information content (AvgIpc) is 2.95. The van der Waals surface area contributed by atoms with Gasteiger partial charge in [-0.3, -0.25) is 14.4 Å². The van der Waals surface area contributed by atoms with Crippen molar-refractivity contribution >= 4 is 28.9 Å². The van der Waals surface area contributed by atoms with Gasteiger partial charge in [-0.1, -0.05) is 12.1 Å². The lowest BCUT2D eigenvalue weighted by atomic mass is 10.1. The van der Waals surface area contributed by atoms with E-state index in [1.807, 2.05) is 0 Å². The number of primary amides is 1. The molecule has 0 fully saturated rings. The van der Waals surface area contributed by atoms with Crippen LogP contribution in [-0.4, -0.2) is 17.6 Å². The predicted molar refractivity (Wildman–Crippen MR) is 80.1 cm³/mol. The van der Waals surface area contributed by atoms with E-state index >= 15 is 0 Å². The zero-order chi connectivity index (χ0) is 16.3. The quantitative estimate of drug-likeness (QED) is 0.826. The molecule has 0 radical (unpaired) electrons. The Balaban J connectivity index is 2.20. The molecule has 0 aliphatic carbocycles. The Bertz CT molecular complexity index is 725. The summed E-state index contributed by atoms with van der Waals surface area (Å²) >= 11 is 1.09. The van der Waals surface area contributed by atoms with Gasteiger partial charge in [0.05, 0.1) is 4.88 Å². The summed E-state index contributed by atoms with van der Waals surface area (Å²) in [7, 11) is 0. The lowest BCUT2D eigenvalue weighted by molar-refractivity contribution is -0.120. The number of rotatable bonds is 5. The van der Waals surface area contributed by atoms with Crippen LogP contribution in [0.15, 0.2) is 35.7 Å². The van der Waals surface area contributed by atoms with Crippen molar-refractivity contribution in [3.63, 3.8) is 0 Å². The second-order valence-electron chi connectivity index (χ2n) is 4.62. The van der Waals surface area contributed by atoms with Gasteiger partial charge in [0.25, 0.3) is 5.91 Å². The third-order valence-corrected chi connectivity index (χ3v) is 3.92. The van der Waals surface area contributed by atoms with E-state index in [0.29, 0.717) is 16.0 Å². The molecular weight excluding hydrogens is 307 g/mol. The first kappa shape index (κ1) is 15.8. The largest absolute Gasteiger partial charge is 0.368 e. The normalized spacial score (nSPS) is 11.7. The molecule has 0 aliphatic rings. The molecule has 0 saturated carbocycles. The van der Waals surface area contributed by atoms with Crippen molar-refractivity contribution in [2.45, 2.75) is 13.0 Å². The molecule has 1 heterocycles. The van der Waals surface area contributed by atoms with Crippen LogP contribution in [0.25, 0.3) is 0 Å². The predicted octanol–water partition coefficient (Wildman–Crippen LogP) is 2.05. The monoisotopic (exact) mass is 320 g/mol. The number of thiophene rings is 1. The summed E-state index contributed by atoms with van der Waals surface area (Å²) in [5.41, 5.74) is 6.09. The summed E-state index contributed by atoms with van der Waals surface area (Å²) in [6.07, 6.45) is 0. The van der Waals surface area contributed by atoms with Crippen LogP contribution in [0.3, 0.4) is 0 Å². The van der Waals surface area contributed by atoms with Gasteiger partial charge >= 0.3 is 0 Å². The highest BCUT2D eigenvalue weighted by molar-refractivity contribution is 7.12. The van der Waals surface area contributed by atoms with E-state index in [9.17, 15) is 18.8 Å². The van der Waals surface area contributed by atoms with E-state index in [4.69, 9.17) is 5.73 Å². The maximum atomic E-state index is 12.9. The molecule has 0 spiro atoms. The van der Waals surface area contributed by atoms with Crippen LogP contribution in [0.2, 0.25) is 0 Å². The molecule has 2 aromatic rings. The Morgan fingerprint density at radius 3 is 2.36 bits per heavy atom. The average molecular weight is 320 g/mol. The zero-order valence-electron chi connectivity index (χ0n) is 11.6. The van der Waals surface area contributed by atoms with Gasteiger partial charge in [0.1, 0.15) is 11.9 Å². The third kappa shape index (κ3) is 3.56. The van der Waals surface area contributed by atoms with Crippen molar-refractivity contribution < 1.29 is 18.8 Å². The van der Waals surface area contributed by atoms with Crippen molar-refractivity contribution in [3.05, 3.63) is 57.5 Å². The minimum absolute atomic E-state index is 0.153. The number of hydrogen-bond donors (Lipinski definition) is 2. The Labute approximate surface area is 129 Å². The minimum atomic E-state index is -1.07. The van der Waals surface area contributed by atoms with Gasteiger partial charge in [0.2, 0.25) is 5.91 Å². The molecule has 7 heteroatoms. The second-order valence-corrected chi connectivity index (χ2v) is 5.53. The maximum Gasteiger partial charge on any atom is 0.262 e. The zero-order valence-corrected chi connectivity index (χ0v) is 12.4. The number of ketones is 1. The number of nitrogens with two attached hydrogens (primary N) is 1. The number of nitrogens with one attached hydrogen (secondary N) is 1. The van der Waals surface area contributed by atoms with E-state index in [1.54, 1.807) is 5.38 Å². The number of halogens is 1. The highest BCUT2D eigenvalue weighted by atomic mass is 32.1. The molecule has 1 atom stereocenters. The fraction of sp³-hybridized carbons (Fsp3) is 0.133. The molecule has 1 unspecified atom stereocenters. The van der Waals surface area contributed by atoms with E-state index in [1.165, 1.54) is 37.3 Å². The van der Waals surface area contributed by atoms with Crippen molar-refractivity contribution in [3.8, 4) is 0 Å². The first-order valence-corrected chi connectivity index (χ1v) is 7.21. The summed E-state index contributed by atoms with van der Waals surface area (Å²) in [6.45, 7) is 1.40. The lowest BCUT2D eigenvalue weighted by Gasteiger charge is -2.15. The van der Waals surface area contributed by atoms with Crippen LogP contribution < -0.4 is 11.1 Å². The summed E-state index contributed by atoms with van der Waals surface area (Å²) in [6, 6.07) is 5.48. The Kier molecular flexibility index (Phi) is 4.67. The van der Waals surface area contributed by atoms with Crippen molar-refractivity contribution in [2.24, 2.45) is 5.73 Å². The number of carbonyl (C=O) groups is 3. The highest BCUT2D eigenvalue weighted by Gasteiger charge is 2.22. The Morgan fingerprint density at radius 2 is 1.86 bits per heavy atom. The van der Waals surface area contributed by atoms with E-state index < -0.39 is 23.7 Å². The summed E-state index contributed by atoms with van der Waals surface area (Å²) in [4.78, 5) is 35.2. The van der Waals surface area contributed by atoms with Crippen LogP contribution in [-0.2, 0) is 4.79 Å². The molecule has 0 bridgehead atoms. The van der Waals surface area contributed by atoms with Crippen LogP contribution in [0.1, 0.15) is 38.6 Å². The third-order valence-electron chi connectivity index (χ3n) is 2.99. The van der Waals surface area contributed by atoms with Crippen LogP contribution in [0.4, 0.5) is 4.39 Å². The number of amides is 2. The molecule has 114 valence electrons. The molecule has 1 aromatic carbocycles. The number of carbonyl (C=O) groups excluding carboxylic acids is 3. The van der Waals surface area contributed by atoms with Gasteiger partial charge in [0.15, 0.2) is 5.78 Å². The van der Waals surface area contributed by atoms with Gasteiger partial charge in [-0.2, -0.15) is 0 Å². The van der Waals surface area contributed by atoms with Gasteiger partial charge in [-0.25, -0.2) is 4.39 Å². The van der Waals surface area contributed by atoms with Gasteiger partial charge < -0.3 is 11.1 Å². The molecule has 5 nitrogen and oxygen atoms in total.